The minimum Gasteiger partial charge on any atom is -0.288 e. The van der Waals surface area contributed by atoms with Crippen LogP contribution in [0.2, 0.25) is 0 Å². The third-order valence-electron chi connectivity index (χ3n) is 3.04. The topological polar surface area (TPSA) is 78.0 Å². The average Bonchev–Trinajstić information content (AvgIpc) is 3.11. The molecule has 5 nitrogen and oxygen atoms in total. The molecule has 1 atom stereocenters. The highest BCUT2D eigenvalue weighted by Gasteiger charge is 2.14. The number of hydroxylamine groups is 1. The van der Waals surface area contributed by atoms with Crippen LogP contribution in [0.3, 0.4) is 0 Å². The number of hydrogen-bond donors (Lipinski definition) is 3. The third kappa shape index (κ3) is 6.00. The molecule has 0 saturated heterocycles. The van der Waals surface area contributed by atoms with Crippen molar-refractivity contribution in [2.24, 2.45) is 0 Å². The van der Waals surface area contributed by atoms with E-state index in [0.717, 1.165) is 11.1 Å². The molecule has 3 N–H and O–H groups in total. The molecule has 0 aliphatic rings. The summed E-state index contributed by atoms with van der Waals surface area (Å²) in [6.45, 7) is 11.7. The number of nitrogens with one attached hydrogen (secondary N) is 2. The number of nitrogens with zero attached hydrogens (tertiary/aromatic N) is 1. The fourth-order valence-electron chi connectivity index (χ4n) is 2.01. The zero-order valence-corrected chi connectivity index (χ0v) is 15.1. The first kappa shape index (κ1) is 22.3. The largest absolute Gasteiger partial charge is 0.288 e. The number of benzene rings is 1. The van der Waals surface area contributed by atoms with E-state index >= 15 is 0 Å². The molecule has 1 unspecified atom stereocenters. The lowest BCUT2D eigenvalue weighted by Gasteiger charge is -2.05. The number of fused-ring (bicyclic) bond motifs is 1. The zero-order chi connectivity index (χ0) is 19.2. The summed E-state index contributed by atoms with van der Waals surface area (Å²) in [6, 6.07) is 4.85. The van der Waals surface area contributed by atoms with Crippen LogP contribution in [0.1, 0.15) is 49.7 Å². The summed E-state index contributed by atoms with van der Waals surface area (Å²) >= 11 is 0. The molecule has 136 valence electrons. The minimum atomic E-state index is -0.602. The predicted molar refractivity (Wildman–Crippen MR) is 100 cm³/mol. The van der Waals surface area contributed by atoms with Crippen LogP contribution in [0.15, 0.2) is 55.4 Å². The molecule has 2 rings (SSSR count). The number of H-pyrrole nitrogens is 1. The molecular weight excluding hydrogens is 321 g/mol. The second-order valence-electron chi connectivity index (χ2n) is 4.27. The van der Waals surface area contributed by atoms with Crippen LogP contribution in [-0.2, 0) is 0 Å². The van der Waals surface area contributed by atoms with Gasteiger partial charge in [-0.2, -0.15) is 5.10 Å². The second-order valence-corrected chi connectivity index (χ2v) is 4.27. The van der Waals surface area contributed by atoms with Crippen molar-refractivity contribution in [3.63, 3.8) is 0 Å². The first-order chi connectivity index (χ1) is 12.2. The molecule has 25 heavy (non-hydrogen) atoms. The van der Waals surface area contributed by atoms with Gasteiger partial charge >= 0.3 is 0 Å². The van der Waals surface area contributed by atoms with E-state index in [2.05, 4.69) is 16.8 Å². The molecular formula is C19H26FN3O2. The minimum absolute atomic E-state index is 0.210. The number of aromatic nitrogens is 2. The highest BCUT2D eigenvalue weighted by Crippen LogP contribution is 2.26. The molecule has 1 amide bonds. The summed E-state index contributed by atoms with van der Waals surface area (Å²) in [6.07, 6.45) is 6.68. The number of aromatic amines is 1. The molecule has 0 fully saturated rings. The molecule has 0 aliphatic carbocycles. The molecule has 1 heterocycles. The summed E-state index contributed by atoms with van der Waals surface area (Å²) in [4.78, 5) is 11.5. The van der Waals surface area contributed by atoms with Crippen LogP contribution in [0.5, 0.6) is 0 Å². The Labute approximate surface area is 147 Å². The van der Waals surface area contributed by atoms with E-state index in [1.807, 2.05) is 27.7 Å². The monoisotopic (exact) mass is 347 g/mol. The summed E-state index contributed by atoms with van der Waals surface area (Å²) < 4.78 is 12.0. The molecule has 0 radical (unpaired) electrons. The number of carbonyl (C=O) groups is 1. The second kappa shape index (κ2) is 12.7. The lowest BCUT2D eigenvalue weighted by Crippen LogP contribution is -2.18. The van der Waals surface area contributed by atoms with Gasteiger partial charge in [0.1, 0.15) is 0 Å². The van der Waals surface area contributed by atoms with Gasteiger partial charge in [-0.05, 0) is 24.3 Å². The van der Waals surface area contributed by atoms with Gasteiger partial charge in [-0.15, -0.1) is 6.58 Å². The molecule has 1 aromatic carbocycles. The Morgan fingerprint density at radius 2 is 2.00 bits per heavy atom. The lowest BCUT2D eigenvalue weighted by molar-refractivity contribution is 0.0706. The van der Waals surface area contributed by atoms with E-state index < -0.39 is 5.91 Å². The number of rotatable bonds is 5. The highest BCUT2D eigenvalue weighted by molar-refractivity contribution is 5.98. The number of allylic oxidation sites excluding steroid dienone is 4. The van der Waals surface area contributed by atoms with Crippen molar-refractivity contribution in [1.82, 2.24) is 15.7 Å². The van der Waals surface area contributed by atoms with Gasteiger partial charge in [-0.25, -0.2) is 9.87 Å². The molecule has 0 bridgehead atoms. The maximum absolute atomic E-state index is 12.0. The summed E-state index contributed by atoms with van der Waals surface area (Å²) in [5.74, 6) is -0.811. The first-order valence-electron chi connectivity index (χ1n) is 8.19. The Morgan fingerprint density at radius 1 is 1.32 bits per heavy atom. The Bertz CT molecular complexity index is 721. The highest BCUT2D eigenvalue weighted by atomic mass is 19.1. The number of halogens is 1. The van der Waals surface area contributed by atoms with Gasteiger partial charge in [-0.1, -0.05) is 45.9 Å². The van der Waals surface area contributed by atoms with Gasteiger partial charge < -0.3 is 0 Å². The average molecular weight is 347 g/mol. The standard InChI is InChI=1S/C15H14FN3O2.2C2H6/c1-2-10(5-3-4-8-16)14-12-9-11(15(20)19-21)6-7-13(12)17-18-14;2*1-2/h2-10,21H,1H2,(H,17,18)(H,19,20);2*1-2H3/b5-3?,8-4+;;. The van der Waals surface area contributed by atoms with Gasteiger partial charge in [0.2, 0.25) is 0 Å². The Balaban J connectivity index is 0.00000134. The molecule has 1 aromatic heterocycles. The number of hydrogen-bond acceptors (Lipinski definition) is 3. The molecule has 0 saturated carbocycles. The van der Waals surface area contributed by atoms with Gasteiger partial charge in [0, 0.05) is 16.9 Å². The van der Waals surface area contributed by atoms with Crippen LogP contribution in [0.25, 0.3) is 10.9 Å². The Kier molecular flexibility index (Phi) is 11.3. The summed E-state index contributed by atoms with van der Waals surface area (Å²) in [5, 5.41) is 16.5. The van der Waals surface area contributed by atoms with Crippen molar-refractivity contribution < 1.29 is 14.4 Å². The van der Waals surface area contributed by atoms with Crippen LogP contribution in [-0.4, -0.2) is 21.3 Å². The van der Waals surface area contributed by atoms with Gasteiger partial charge in [0.15, 0.2) is 0 Å². The lowest BCUT2D eigenvalue weighted by atomic mass is 10.00. The Morgan fingerprint density at radius 3 is 2.56 bits per heavy atom. The summed E-state index contributed by atoms with van der Waals surface area (Å²) in [5.41, 5.74) is 3.31. The van der Waals surface area contributed by atoms with Crippen LogP contribution in [0, 0.1) is 0 Å². The van der Waals surface area contributed by atoms with Gasteiger partial charge in [-0.3, -0.25) is 15.1 Å². The van der Waals surface area contributed by atoms with Crippen molar-refractivity contribution in [2.45, 2.75) is 33.6 Å². The molecule has 0 spiro atoms. The maximum Gasteiger partial charge on any atom is 0.274 e. The smallest absolute Gasteiger partial charge is 0.274 e. The SMILES string of the molecule is C=CC(C=C/C=C/F)c1[nH]nc2ccc(C(=O)NO)cc12.CC.CC. The van der Waals surface area contributed by atoms with Crippen molar-refractivity contribution in [3.05, 3.63) is 66.7 Å². The normalized spacial score (nSPS) is 11.4. The van der Waals surface area contributed by atoms with E-state index in [9.17, 15) is 9.18 Å². The third-order valence-corrected chi connectivity index (χ3v) is 3.04. The fraction of sp³-hybridized carbons (Fsp3) is 0.263. The summed E-state index contributed by atoms with van der Waals surface area (Å²) in [7, 11) is 0. The molecule has 0 aliphatic heterocycles. The van der Waals surface area contributed by atoms with Crippen molar-refractivity contribution in [2.75, 3.05) is 0 Å². The van der Waals surface area contributed by atoms with E-state index in [4.69, 9.17) is 5.21 Å². The van der Waals surface area contributed by atoms with Crippen LogP contribution < -0.4 is 5.48 Å². The number of carbonyl (C=O) groups excluding carboxylic acids is 1. The zero-order valence-electron chi connectivity index (χ0n) is 15.1. The van der Waals surface area contributed by atoms with E-state index in [-0.39, 0.29) is 5.92 Å². The van der Waals surface area contributed by atoms with E-state index in [1.165, 1.54) is 6.08 Å². The first-order valence-corrected chi connectivity index (χ1v) is 8.19. The van der Waals surface area contributed by atoms with E-state index in [1.54, 1.807) is 41.9 Å². The van der Waals surface area contributed by atoms with Crippen LogP contribution in [0.4, 0.5) is 4.39 Å². The molecule has 6 heteroatoms. The van der Waals surface area contributed by atoms with Crippen LogP contribution >= 0.6 is 0 Å². The van der Waals surface area contributed by atoms with Crippen molar-refractivity contribution in [3.8, 4) is 0 Å². The quantitative estimate of drug-likeness (QED) is 0.307. The maximum atomic E-state index is 12.0. The van der Waals surface area contributed by atoms with E-state index in [0.29, 0.717) is 17.4 Å². The molecule has 2 aromatic rings. The number of amides is 1. The van der Waals surface area contributed by atoms with Gasteiger partial charge in [0.05, 0.1) is 17.5 Å². The van der Waals surface area contributed by atoms with Crippen molar-refractivity contribution >= 4 is 16.8 Å². The predicted octanol–water partition coefficient (Wildman–Crippen LogP) is 5.04. The fourth-order valence-corrected chi connectivity index (χ4v) is 2.01. The van der Waals surface area contributed by atoms with Crippen molar-refractivity contribution in [1.29, 1.82) is 0 Å². The Hall–Kier alpha value is -2.73. The van der Waals surface area contributed by atoms with Gasteiger partial charge in [0.25, 0.3) is 5.91 Å².